The third-order valence-corrected chi connectivity index (χ3v) is 3.21. The fourth-order valence-corrected chi connectivity index (χ4v) is 2.25. The lowest BCUT2D eigenvalue weighted by atomic mass is 10.1. The van der Waals surface area contributed by atoms with Crippen LogP contribution in [-0.4, -0.2) is 4.98 Å². The van der Waals surface area contributed by atoms with E-state index < -0.39 is 0 Å². The lowest BCUT2D eigenvalue weighted by molar-refractivity contribution is 0.922. The van der Waals surface area contributed by atoms with Crippen LogP contribution in [0.2, 0.25) is 0 Å². The second kappa shape index (κ2) is 6.21. The number of nitrogens with one attached hydrogen (secondary N) is 1. The van der Waals surface area contributed by atoms with Gasteiger partial charge in [-0.25, -0.2) is 4.98 Å². The van der Waals surface area contributed by atoms with Gasteiger partial charge < -0.3 is 5.32 Å². The Morgan fingerprint density at radius 3 is 2.50 bits per heavy atom. The van der Waals surface area contributed by atoms with Crippen molar-refractivity contribution >= 4 is 11.5 Å². The molecule has 1 heterocycles. The first-order chi connectivity index (χ1) is 9.63. The Morgan fingerprint density at radius 1 is 1.20 bits per heavy atom. The highest BCUT2D eigenvalue weighted by molar-refractivity contribution is 5.65. The Labute approximate surface area is 120 Å². The van der Waals surface area contributed by atoms with Gasteiger partial charge in [-0.1, -0.05) is 25.5 Å². The summed E-state index contributed by atoms with van der Waals surface area (Å²) in [4.78, 5) is 4.43. The minimum Gasteiger partial charge on any atom is -0.339 e. The van der Waals surface area contributed by atoms with Crippen LogP contribution in [0.5, 0.6) is 0 Å². The number of pyridine rings is 1. The first-order valence-corrected chi connectivity index (χ1v) is 6.88. The second-order valence-electron chi connectivity index (χ2n) is 4.99. The van der Waals surface area contributed by atoms with E-state index in [1.165, 1.54) is 5.56 Å². The van der Waals surface area contributed by atoms with Crippen LogP contribution in [-0.2, 0) is 6.42 Å². The van der Waals surface area contributed by atoms with Gasteiger partial charge in [-0.05, 0) is 49.6 Å². The van der Waals surface area contributed by atoms with Gasteiger partial charge in [0.2, 0.25) is 0 Å². The van der Waals surface area contributed by atoms with E-state index in [9.17, 15) is 5.26 Å². The number of nitrogens with zero attached hydrogens (tertiary/aromatic N) is 2. The molecule has 1 aromatic heterocycles. The molecule has 0 saturated carbocycles. The van der Waals surface area contributed by atoms with E-state index in [1.807, 2.05) is 32.0 Å². The molecular weight excluding hydrogens is 246 g/mol. The van der Waals surface area contributed by atoms with Gasteiger partial charge in [-0.15, -0.1) is 0 Å². The molecule has 0 atom stereocenters. The van der Waals surface area contributed by atoms with Crippen molar-refractivity contribution < 1.29 is 0 Å². The fourth-order valence-electron chi connectivity index (χ4n) is 2.25. The Kier molecular flexibility index (Phi) is 4.37. The predicted octanol–water partition coefficient (Wildman–Crippen LogP) is 4.27. The van der Waals surface area contributed by atoms with Crippen molar-refractivity contribution in [1.82, 2.24) is 4.98 Å². The van der Waals surface area contributed by atoms with Crippen molar-refractivity contribution in [3.05, 3.63) is 52.7 Å². The number of hydrogen-bond donors (Lipinski definition) is 1. The first-order valence-electron chi connectivity index (χ1n) is 6.88. The minimum absolute atomic E-state index is 0.605. The number of aryl methyl sites for hydroxylation is 3. The maximum atomic E-state index is 9.25. The Bertz CT molecular complexity index is 637. The molecule has 0 aliphatic rings. The Hall–Kier alpha value is -2.34. The third-order valence-electron chi connectivity index (χ3n) is 3.21. The molecule has 0 bridgehead atoms. The highest BCUT2D eigenvalue weighted by Gasteiger charge is 2.08. The molecule has 20 heavy (non-hydrogen) atoms. The SMILES string of the molecule is CCCc1ccc(Nc2nc(C)cc(C)c2C#N)cc1. The van der Waals surface area contributed by atoms with Crippen LogP contribution in [0.15, 0.2) is 30.3 Å². The van der Waals surface area contributed by atoms with E-state index >= 15 is 0 Å². The van der Waals surface area contributed by atoms with Crippen LogP contribution in [0, 0.1) is 25.2 Å². The smallest absolute Gasteiger partial charge is 0.148 e. The molecule has 0 radical (unpaired) electrons. The summed E-state index contributed by atoms with van der Waals surface area (Å²) in [5, 5.41) is 12.5. The second-order valence-corrected chi connectivity index (χ2v) is 4.99. The van der Waals surface area contributed by atoms with Gasteiger partial charge in [0.15, 0.2) is 0 Å². The average Bonchev–Trinajstić information content (AvgIpc) is 2.41. The number of anilines is 2. The van der Waals surface area contributed by atoms with Gasteiger partial charge in [0.25, 0.3) is 0 Å². The van der Waals surface area contributed by atoms with E-state index in [0.29, 0.717) is 11.4 Å². The standard InChI is InChI=1S/C17H19N3/c1-4-5-14-6-8-15(9-7-14)20-17-16(11-18)12(2)10-13(3)19-17/h6-10H,4-5H2,1-3H3,(H,19,20). The van der Waals surface area contributed by atoms with Crippen molar-refractivity contribution in [1.29, 1.82) is 5.26 Å². The van der Waals surface area contributed by atoms with Crippen molar-refractivity contribution in [3.63, 3.8) is 0 Å². The molecule has 0 fully saturated rings. The van der Waals surface area contributed by atoms with Gasteiger partial charge in [-0.2, -0.15) is 5.26 Å². The molecule has 0 spiro atoms. The lowest BCUT2D eigenvalue weighted by Crippen LogP contribution is -2.00. The van der Waals surface area contributed by atoms with E-state index in [0.717, 1.165) is 29.8 Å². The highest BCUT2D eigenvalue weighted by atomic mass is 15.0. The van der Waals surface area contributed by atoms with Crippen LogP contribution in [0.4, 0.5) is 11.5 Å². The normalized spacial score (nSPS) is 10.1. The Morgan fingerprint density at radius 2 is 1.90 bits per heavy atom. The summed E-state index contributed by atoms with van der Waals surface area (Å²) >= 11 is 0. The monoisotopic (exact) mass is 265 g/mol. The molecule has 102 valence electrons. The maximum absolute atomic E-state index is 9.25. The summed E-state index contributed by atoms with van der Waals surface area (Å²) in [6.07, 6.45) is 2.23. The molecule has 1 aromatic carbocycles. The molecule has 0 amide bonds. The van der Waals surface area contributed by atoms with Crippen LogP contribution in [0.25, 0.3) is 0 Å². The topological polar surface area (TPSA) is 48.7 Å². The Balaban J connectivity index is 2.28. The molecule has 0 unspecified atom stereocenters. The largest absolute Gasteiger partial charge is 0.339 e. The van der Waals surface area contributed by atoms with Crippen molar-refractivity contribution in [2.24, 2.45) is 0 Å². The van der Waals surface area contributed by atoms with E-state index in [2.05, 4.69) is 35.4 Å². The minimum atomic E-state index is 0.605. The van der Waals surface area contributed by atoms with Gasteiger partial charge in [-0.3, -0.25) is 0 Å². The zero-order chi connectivity index (χ0) is 14.5. The van der Waals surface area contributed by atoms with Crippen LogP contribution < -0.4 is 5.32 Å². The number of nitriles is 1. The summed E-state index contributed by atoms with van der Waals surface area (Å²) < 4.78 is 0. The molecule has 0 aliphatic carbocycles. The summed E-state index contributed by atoms with van der Waals surface area (Å²) in [7, 11) is 0. The molecule has 3 heteroatoms. The zero-order valence-corrected chi connectivity index (χ0v) is 12.2. The number of rotatable bonds is 4. The van der Waals surface area contributed by atoms with Crippen LogP contribution in [0.3, 0.4) is 0 Å². The summed E-state index contributed by atoms with van der Waals surface area (Å²) in [5.74, 6) is 0.633. The van der Waals surface area contributed by atoms with Crippen molar-refractivity contribution in [3.8, 4) is 6.07 Å². The number of aromatic nitrogens is 1. The summed E-state index contributed by atoms with van der Waals surface area (Å²) in [6.45, 7) is 6.04. The first kappa shape index (κ1) is 14.1. The number of benzene rings is 1. The molecule has 0 aliphatic heterocycles. The fraction of sp³-hybridized carbons (Fsp3) is 0.294. The van der Waals surface area contributed by atoms with Crippen molar-refractivity contribution in [2.75, 3.05) is 5.32 Å². The number of hydrogen-bond acceptors (Lipinski definition) is 3. The van der Waals surface area contributed by atoms with Gasteiger partial charge >= 0.3 is 0 Å². The molecule has 3 nitrogen and oxygen atoms in total. The van der Waals surface area contributed by atoms with Gasteiger partial charge in [0.05, 0.1) is 5.56 Å². The predicted molar refractivity (Wildman–Crippen MR) is 82.1 cm³/mol. The van der Waals surface area contributed by atoms with Crippen molar-refractivity contribution in [2.45, 2.75) is 33.6 Å². The average molecular weight is 265 g/mol. The maximum Gasteiger partial charge on any atom is 0.148 e. The van der Waals surface area contributed by atoms with Crippen LogP contribution >= 0.6 is 0 Å². The zero-order valence-electron chi connectivity index (χ0n) is 12.2. The van der Waals surface area contributed by atoms with E-state index in [4.69, 9.17) is 0 Å². The highest BCUT2D eigenvalue weighted by Crippen LogP contribution is 2.22. The molecule has 2 aromatic rings. The third kappa shape index (κ3) is 3.16. The lowest BCUT2D eigenvalue weighted by Gasteiger charge is -2.10. The molecular formula is C17H19N3. The quantitative estimate of drug-likeness (QED) is 0.898. The molecule has 1 N–H and O–H groups in total. The van der Waals surface area contributed by atoms with Gasteiger partial charge in [0, 0.05) is 11.4 Å². The van der Waals surface area contributed by atoms with Gasteiger partial charge in [0.1, 0.15) is 11.9 Å². The van der Waals surface area contributed by atoms with Crippen LogP contribution in [0.1, 0.15) is 35.7 Å². The molecule has 0 saturated heterocycles. The summed E-state index contributed by atoms with van der Waals surface area (Å²) in [6, 6.07) is 12.4. The van der Waals surface area contributed by atoms with E-state index in [-0.39, 0.29) is 0 Å². The van der Waals surface area contributed by atoms with E-state index in [1.54, 1.807) is 0 Å². The summed E-state index contributed by atoms with van der Waals surface area (Å²) in [5.41, 5.74) is 4.75. The molecule has 2 rings (SSSR count).